The molecule has 0 aliphatic heterocycles. The maximum atomic E-state index is 11.1. The molecular weight excluding hydrogens is 192 g/mol. The average molecular weight is 204 g/mol. The summed E-state index contributed by atoms with van der Waals surface area (Å²) < 4.78 is 27.0. The number of carbonyl (C=O) groups is 1. The summed E-state index contributed by atoms with van der Waals surface area (Å²) in [6.07, 6.45) is 1.98. The predicted molar refractivity (Wildman–Crippen MR) is 47.7 cm³/mol. The third-order valence-corrected chi connectivity index (χ3v) is 3.01. The molecule has 4 nitrogen and oxygen atoms in total. The highest BCUT2D eigenvalue weighted by molar-refractivity contribution is 7.86. The van der Waals surface area contributed by atoms with Gasteiger partial charge in [-0.3, -0.25) is 8.98 Å². The van der Waals surface area contributed by atoms with Gasteiger partial charge in [0.1, 0.15) is 5.78 Å². The Labute approximate surface area is 77.7 Å². The summed E-state index contributed by atoms with van der Waals surface area (Å²) in [7, 11) is -3.51. The van der Waals surface area contributed by atoms with Gasteiger partial charge in [0.25, 0.3) is 10.1 Å². The fourth-order valence-corrected chi connectivity index (χ4v) is 2.20. The second-order valence-electron chi connectivity index (χ2n) is 3.01. The Morgan fingerprint density at radius 2 is 2.31 bits per heavy atom. The minimum atomic E-state index is -3.51. The monoisotopic (exact) mass is 204 g/mol. The molecule has 1 saturated carbocycles. The van der Waals surface area contributed by atoms with Crippen molar-refractivity contribution in [2.24, 2.45) is 0 Å². The molecule has 74 valence electrons. The van der Waals surface area contributed by atoms with Gasteiger partial charge in [0.15, 0.2) is 0 Å². The van der Waals surface area contributed by atoms with Gasteiger partial charge < -0.3 is 0 Å². The molecule has 0 aromatic heterocycles. The van der Waals surface area contributed by atoms with Crippen LogP contribution in [-0.4, -0.2) is 26.1 Å². The zero-order chi connectivity index (χ0) is 9.90. The van der Waals surface area contributed by atoms with E-state index in [0.29, 0.717) is 12.8 Å². The SMILES string of the molecule is C=CCS(=O)(=O)OC1CCC(=O)C1. The zero-order valence-electron chi connectivity index (χ0n) is 7.23. The second kappa shape index (κ2) is 4.02. The van der Waals surface area contributed by atoms with Gasteiger partial charge in [-0.05, 0) is 6.42 Å². The van der Waals surface area contributed by atoms with E-state index >= 15 is 0 Å². The summed E-state index contributed by atoms with van der Waals surface area (Å²) >= 11 is 0. The van der Waals surface area contributed by atoms with E-state index in [1.165, 1.54) is 6.08 Å². The lowest BCUT2D eigenvalue weighted by Crippen LogP contribution is -2.17. The molecule has 1 atom stereocenters. The van der Waals surface area contributed by atoms with Gasteiger partial charge in [0.2, 0.25) is 0 Å². The summed E-state index contributed by atoms with van der Waals surface area (Å²) in [5.74, 6) is -0.128. The molecule has 5 heteroatoms. The molecule has 0 saturated heterocycles. The number of hydrogen-bond acceptors (Lipinski definition) is 4. The van der Waals surface area contributed by atoms with E-state index in [1.54, 1.807) is 0 Å². The summed E-state index contributed by atoms with van der Waals surface area (Å²) in [5.41, 5.74) is 0. The van der Waals surface area contributed by atoms with Gasteiger partial charge in [-0.2, -0.15) is 8.42 Å². The van der Waals surface area contributed by atoms with E-state index in [0.717, 1.165) is 0 Å². The van der Waals surface area contributed by atoms with E-state index in [-0.39, 0.29) is 18.0 Å². The Morgan fingerprint density at radius 1 is 1.62 bits per heavy atom. The summed E-state index contributed by atoms with van der Waals surface area (Å²) in [4.78, 5) is 10.8. The molecule has 0 aromatic rings. The summed E-state index contributed by atoms with van der Waals surface area (Å²) in [6.45, 7) is 3.31. The van der Waals surface area contributed by atoms with E-state index < -0.39 is 16.2 Å². The van der Waals surface area contributed by atoms with Crippen LogP contribution in [0, 0.1) is 0 Å². The van der Waals surface area contributed by atoms with E-state index in [1.807, 2.05) is 0 Å². The molecule has 1 unspecified atom stereocenters. The number of Topliss-reactive ketones (excluding diaryl/α,β-unsaturated/α-hetero) is 1. The van der Waals surface area contributed by atoms with Crippen LogP contribution in [-0.2, 0) is 19.1 Å². The van der Waals surface area contributed by atoms with Crippen molar-refractivity contribution in [3.63, 3.8) is 0 Å². The lowest BCUT2D eigenvalue weighted by molar-refractivity contribution is -0.117. The van der Waals surface area contributed by atoms with Crippen LogP contribution in [0.15, 0.2) is 12.7 Å². The van der Waals surface area contributed by atoms with Crippen molar-refractivity contribution in [3.05, 3.63) is 12.7 Å². The highest BCUT2D eigenvalue weighted by Gasteiger charge is 2.26. The molecule has 0 heterocycles. The Hall–Kier alpha value is -0.680. The van der Waals surface area contributed by atoms with E-state index in [9.17, 15) is 13.2 Å². The molecule has 0 spiro atoms. The molecule has 0 amide bonds. The smallest absolute Gasteiger partial charge is 0.271 e. The van der Waals surface area contributed by atoms with E-state index in [2.05, 4.69) is 6.58 Å². The molecule has 1 aliphatic carbocycles. The van der Waals surface area contributed by atoms with Crippen molar-refractivity contribution in [1.29, 1.82) is 0 Å². The van der Waals surface area contributed by atoms with Crippen LogP contribution in [0.2, 0.25) is 0 Å². The highest BCUT2D eigenvalue weighted by Crippen LogP contribution is 2.19. The van der Waals surface area contributed by atoms with Crippen molar-refractivity contribution in [2.75, 3.05) is 5.75 Å². The molecule has 13 heavy (non-hydrogen) atoms. The number of hydrogen-bond donors (Lipinski definition) is 0. The van der Waals surface area contributed by atoms with Crippen LogP contribution in [0.1, 0.15) is 19.3 Å². The minimum Gasteiger partial charge on any atom is -0.300 e. The third kappa shape index (κ3) is 3.28. The first-order chi connectivity index (χ1) is 6.03. The Kier molecular flexibility index (Phi) is 3.22. The van der Waals surface area contributed by atoms with Crippen molar-refractivity contribution >= 4 is 15.9 Å². The molecule has 0 aromatic carbocycles. The first-order valence-electron chi connectivity index (χ1n) is 4.07. The van der Waals surface area contributed by atoms with Crippen LogP contribution < -0.4 is 0 Å². The van der Waals surface area contributed by atoms with Gasteiger partial charge in [-0.25, -0.2) is 0 Å². The fourth-order valence-electron chi connectivity index (χ4n) is 1.25. The predicted octanol–water partition coefficient (Wildman–Crippen LogP) is 0.640. The zero-order valence-corrected chi connectivity index (χ0v) is 8.05. The van der Waals surface area contributed by atoms with E-state index in [4.69, 9.17) is 4.18 Å². The first kappa shape index (κ1) is 10.4. The van der Waals surface area contributed by atoms with Crippen molar-refractivity contribution < 1.29 is 17.4 Å². The van der Waals surface area contributed by atoms with Gasteiger partial charge in [-0.1, -0.05) is 6.08 Å². The maximum absolute atomic E-state index is 11.1. The standard InChI is InChI=1S/C8H12O4S/c1-2-5-13(10,11)12-8-4-3-7(9)6-8/h2,8H,1,3-6H2. The molecular formula is C8H12O4S. The Balaban J connectivity index is 2.49. The molecule has 0 bridgehead atoms. The van der Waals surface area contributed by atoms with Crippen LogP contribution in [0.5, 0.6) is 0 Å². The van der Waals surface area contributed by atoms with Crippen LogP contribution in [0.4, 0.5) is 0 Å². The van der Waals surface area contributed by atoms with Crippen LogP contribution in [0.25, 0.3) is 0 Å². The maximum Gasteiger partial charge on any atom is 0.271 e. The van der Waals surface area contributed by atoms with Crippen LogP contribution >= 0.6 is 0 Å². The quantitative estimate of drug-likeness (QED) is 0.498. The summed E-state index contributed by atoms with van der Waals surface area (Å²) in [5, 5.41) is 0. The molecule has 0 N–H and O–H groups in total. The largest absolute Gasteiger partial charge is 0.300 e. The Bertz CT molecular complexity index is 304. The van der Waals surface area contributed by atoms with Crippen molar-refractivity contribution in [2.45, 2.75) is 25.4 Å². The number of rotatable bonds is 4. The molecule has 1 aliphatic rings. The van der Waals surface area contributed by atoms with Gasteiger partial charge in [0, 0.05) is 12.8 Å². The average Bonchev–Trinajstić information content (AvgIpc) is 2.34. The van der Waals surface area contributed by atoms with Gasteiger partial charge >= 0.3 is 0 Å². The molecule has 1 fully saturated rings. The van der Waals surface area contributed by atoms with Crippen molar-refractivity contribution in [1.82, 2.24) is 0 Å². The molecule has 1 rings (SSSR count). The molecule has 0 radical (unpaired) electrons. The lowest BCUT2D eigenvalue weighted by atomic mass is 10.3. The topological polar surface area (TPSA) is 60.4 Å². The van der Waals surface area contributed by atoms with Crippen molar-refractivity contribution in [3.8, 4) is 0 Å². The normalized spacial score (nSPS) is 23.4. The third-order valence-electron chi connectivity index (χ3n) is 1.81. The minimum absolute atomic E-state index is 0.0683. The fraction of sp³-hybridized carbons (Fsp3) is 0.625. The van der Waals surface area contributed by atoms with Gasteiger partial charge in [-0.15, -0.1) is 6.58 Å². The number of ketones is 1. The van der Waals surface area contributed by atoms with Crippen LogP contribution in [0.3, 0.4) is 0 Å². The van der Waals surface area contributed by atoms with Gasteiger partial charge in [0.05, 0.1) is 11.9 Å². The highest BCUT2D eigenvalue weighted by atomic mass is 32.2. The Morgan fingerprint density at radius 3 is 2.77 bits per heavy atom. The lowest BCUT2D eigenvalue weighted by Gasteiger charge is -2.08. The number of carbonyl (C=O) groups excluding carboxylic acids is 1. The second-order valence-corrected chi connectivity index (χ2v) is 4.65. The summed E-state index contributed by atoms with van der Waals surface area (Å²) in [6, 6.07) is 0. The first-order valence-corrected chi connectivity index (χ1v) is 5.65.